The van der Waals surface area contributed by atoms with Gasteiger partial charge in [0.25, 0.3) is 0 Å². The molecular formula is C13H13BrFN3O2. The first-order valence-corrected chi connectivity index (χ1v) is 6.93. The van der Waals surface area contributed by atoms with Gasteiger partial charge in [-0.25, -0.2) is 4.39 Å². The average molecular weight is 342 g/mol. The van der Waals surface area contributed by atoms with Gasteiger partial charge >= 0.3 is 0 Å². The summed E-state index contributed by atoms with van der Waals surface area (Å²) >= 11 is 3.29. The zero-order chi connectivity index (χ0) is 14.3. The monoisotopic (exact) mass is 341 g/mol. The molecule has 106 valence electrons. The smallest absolute Gasteiger partial charge is 0.236 e. The Morgan fingerprint density at radius 3 is 2.95 bits per heavy atom. The van der Waals surface area contributed by atoms with E-state index in [1.54, 1.807) is 6.07 Å². The standard InChI is InChI=1S/C13H13BrFN3O2/c1-13(6-19-5-10(13)16)12-17-11(18-20-12)8-3-2-7(15)4-9(8)14/h2-4,10H,5-6,16H2,1H3. The molecule has 5 nitrogen and oxygen atoms in total. The van der Waals surface area contributed by atoms with E-state index in [0.29, 0.717) is 35.0 Å². The second kappa shape index (κ2) is 4.91. The van der Waals surface area contributed by atoms with E-state index in [1.165, 1.54) is 12.1 Å². The van der Waals surface area contributed by atoms with Crippen LogP contribution in [0.2, 0.25) is 0 Å². The zero-order valence-corrected chi connectivity index (χ0v) is 12.4. The fraction of sp³-hybridized carbons (Fsp3) is 0.385. The second-order valence-corrected chi connectivity index (χ2v) is 5.94. The van der Waals surface area contributed by atoms with Gasteiger partial charge in [0.1, 0.15) is 5.82 Å². The van der Waals surface area contributed by atoms with Crippen molar-refractivity contribution in [1.82, 2.24) is 10.1 Å². The van der Waals surface area contributed by atoms with Crippen molar-refractivity contribution in [3.63, 3.8) is 0 Å². The zero-order valence-electron chi connectivity index (χ0n) is 10.8. The molecule has 1 aliphatic rings. The number of nitrogens with zero attached hydrogens (tertiary/aromatic N) is 2. The third kappa shape index (κ3) is 2.15. The first kappa shape index (κ1) is 13.7. The summed E-state index contributed by atoms with van der Waals surface area (Å²) in [6.45, 7) is 2.84. The van der Waals surface area contributed by atoms with Gasteiger partial charge in [-0.3, -0.25) is 0 Å². The van der Waals surface area contributed by atoms with E-state index in [1.807, 2.05) is 6.92 Å². The van der Waals surface area contributed by atoms with Crippen LogP contribution in [0.5, 0.6) is 0 Å². The van der Waals surface area contributed by atoms with Crippen LogP contribution in [0.3, 0.4) is 0 Å². The number of rotatable bonds is 2. The Morgan fingerprint density at radius 1 is 1.50 bits per heavy atom. The van der Waals surface area contributed by atoms with Gasteiger partial charge in [-0.15, -0.1) is 0 Å². The van der Waals surface area contributed by atoms with Crippen LogP contribution in [-0.2, 0) is 10.2 Å². The van der Waals surface area contributed by atoms with Gasteiger partial charge in [0.2, 0.25) is 11.7 Å². The van der Waals surface area contributed by atoms with E-state index in [0.717, 1.165) is 0 Å². The van der Waals surface area contributed by atoms with Crippen LogP contribution in [0.15, 0.2) is 27.2 Å². The average Bonchev–Trinajstić information content (AvgIpc) is 2.99. The van der Waals surface area contributed by atoms with Crippen LogP contribution in [-0.4, -0.2) is 29.4 Å². The molecule has 2 unspecified atom stereocenters. The molecule has 1 aromatic carbocycles. The maximum atomic E-state index is 13.1. The fourth-order valence-electron chi connectivity index (χ4n) is 2.14. The molecule has 2 N–H and O–H groups in total. The number of hydrogen-bond acceptors (Lipinski definition) is 5. The third-order valence-corrected chi connectivity index (χ3v) is 4.26. The predicted molar refractivity (Wildman–Crippen MR) is 73.5 cm³/mol. The maximum Gasteiger partial charge on any atom is 0.236 e. The SMILES string of the molecule is CC1(c2nc(-c3ccc(F)cc3Br)no2)COCC1N. The van der Waals surface area contributed by atoms with Gasteiger partial charge in [0, 0.05) is 16.1 Å². The molecule has 0 spiro atoms. The number of benzene rings is 1. The Balaban J connectivity index is 1.98. The van der Waals surface area contributed by atoms with Gasteiger partial charge in [0.15, 0.2) is 0 Å². The quantitative estimate of drug-likeness (QED) is 0.906. The topological polar surface area (TPSA) is 74.2 Å². The minimum atomic E-state index is -0.488. The van der Waals surface area contributed by atoms with Crippen molar-refractivity contribution >= 4 is 15.9 Å². The maximum absolute atomic E-state index is 13.1. The molecule has 0 aliphatic carbocycles. The molecule has 1 saturated heterocycles. The van der Waals surface area contributed by atoms with Crippen LogP contribution in [0.25, 0.3) is 11.4 Å². The van der Waals surface area contributed by atoms with E-state index in [4.69, 9.17) is 15.0 Å². The predicted octanol–water partition coefficient (Wildman–Crippen LogP) is 2.25. The highest BCUT2D eigenvalue weighted by Crippen LogP contribution is 2.33. The number of aromatic nitrogens is 2. The Kier molecular flexibility index (Phi) is 3.35. The first-order chi connectivity index (χ1) is 9.50. The van der Waals surface area contributed by atoms with E-state index < -0.39 is 5.41 Å². The van der Waals surface area contributed by atoms with Crippen molar-refractivity contribution in [2.45, 2.75) is 18.4 Å². The van der Waals surface area contributed by atoms with Crippen molar-refractivity contribution in [3.05, 3.63) is 34.4 Å². The van der Waals surface area contributed by atoms with E-state index in [-0.39, 0.29) is 11.9 Å². The molecule has 1 aliphatic heterocycles. The highest BCUT2D eigenvalue weighted by Gasteiger charge is 2.44. The molecule has 7 heteroatoms. The number of hydrogen-bond donors (Lipinski definition) is 1. The summed E-state index contributed by atoms with van der Waals surface area (Å²) in [4.78, 5) is 4.38. The van der Waals surface area contributed by atoms with Crippen molar-refractivity contribution in [2.75, 3.05) is 13.2 Å². The molecule has 1 fully saturated rings. The summed E-state index contributed by atoms with van der Waals surface area (Å²) in [5.41, 5.74) is 6.21. The minimum absolute atomic E-state index is 0.188. The molecule has 20 heavy (non-hydrogen) atoms. The van der Waals surface area contributed by atoms with E-state index in [2.05, 4.69) is 26.1 Å². The normalized spacial score (nSPS) is 26.1. The molecular weight excluding hydrogens is 329 g/mol. The molecule has 0 bridgehead atoms. The molecule has 0 saturated carbocycles. The van der Waals surface area contributed by atoms with Gasteiger partial charge in [0.05, 0.1) is 18.6 Å². The molecule has 2 heterocycles. The van der Waals surface area contributed by atoms with Gasteiger partial charge in [-0.05, 0) is 41.1 Å². The minimum Gasteiger partial charge on any atom is -0.379 e. The highest BCUT2D eigenvalue weighted by atomic mass is 79.9. The van der Waals surface area contributed by atoms with Crippen molar-refractivity contribution < 1.29 is 13.7 Å². The lowest BCUT2D eigenvalue weighted by Crippen LogP contribution is -2.42. The highest BCUT2D eigenvalue weighted by molar-refractivity contribution is 9.10. The lowest BCUT2D eigenvalue weighted by atomic mass is 9.86. The van der Waals surface area contributed by atoms with Gasteiger partial charge in [-0.2, -0.15) is 4.98 Å². The second-order valence-electron chi connectivity index (χ2n) is 5.09. The molecule has 0 amide bonds. The third-order valence-electron chi connectivity index (χ3n) is 3.60. The van der Waals surface area contributed by atoms with Crippen LogP contribution in [0.4, 0.5) is 4.39 Å². The Morgan fingerprint density at radius 2 is 2.30 bits per heavy atom. The molecule has 2 atom stereocenters. The first-order valence-electron chi connectivity index (χ1n) is 6.13. The lowest BCUT2D eigenvalue weighted by molar-refractivity contribution is 0.169. The van der Waals surface area contributed by atoms with Crippen molar-refractivity contribution in [2.24, 2.45) is 5.73 Å². The fourth-order valence-corrected chi connectivity index (χ4v) is 2.67. The van der Waals surface area contributed by atoms with Crippen LogP contribution in [0.1, 0.15) is 12.8 Å². The van der Waals surface area contributed by atoms with Crippen LogP contribution < -0.4 is 5.73 Å². The summed E-state index contributed by atoms with van der Waals surface area (Å²) < 4.78 is 24.4. The summed E-state index contributed by atoms with van der Waals surface area (Å²) in [7, 11) is 0. The summed E-state index contributed by atoms with van der Waals surface area (Å²) in [6.07, 6.45) is 0. The van der Waals surface area contributed by atoms with E-state index >= 15 is 0 Å². The number of nitrogens with two attached hydrogens (primary N) is 1. The van der Waals surface area contributed by atoms with Crippen LogP contribution in [0, 0.1) is 5.82 Å². The molecule has 2 aromatic rings. The molecule has 0 radical (unpaired) electrons. The summed E-state index contributed by atoms with van der Waals surface area (Å²) in [5, 5.41) is 3.95. The Hall–Kier alpha value is -1.31. The largest absolute Gasteiger partial charge is 0.379 e. The molecule has 1 aromatic heterocycles. The molecule has 3 rings (SSSR count). The summed E-state index contributed by atoms with van der Waals surface area (Å²) in [6, 6.07) is 4.12. The Labute approximate surface area is 123 Å². The van der Waals surface area contributed by atoms with E-state index in [9.17, 15) is 4.39 Å². The lowest BCUT2D eigenvalue weighted by Gasteiger charge is -2.21. The van der Waals surface area contributed by atoms with Gasteiger partial charge < -0.3 is 15.0 Å². The van der Waals surface area contributed by atoms with Crippen molar-refractivity contribution in [1.29, 1.82) is 0 Å². The number of ether oxygens (including phenoxy) is 1. The van der Waals surface area contributed by atoms with Crippen molar-refractivity contribution in [3.8, 4) is 11.4 Å². The number of halogens is 2. The van der Waals surface area contributed by atoms with Gasteiger partial charge in [-0.1, -0.05) is 5.16 Å². The summed E-state index contributed by atoms with van der Waals surface area (Å²) in [5.74, 6) is 0.503. The van der Waals surface area contributed by atoms with Crippen LogP contribution >= 0.6 is 15.9 Å². The Bertz CT molecular complexity index is 648.